The molecule has 1 aromatic carbocycles. The fraction of sp³-hybridized carbons (Fsp3) is 0.467. The Bertz CT molecular complexity index is 554. The van der Waals surface area contributed by atoms with Crippen LogP contribution in [0.4, 0.5) is 0 Å². The van der Waals surface area contributed by atoms with Gasteiger partial charge in [-0.2, -0.15) is 0 Å². The smallest absolute Gasteiger partial charge is 0.222 e. The zero-order valence-electron chi connectivity index (χ0n) is 12.2. The third kappa shape index (κ3) is 5.30. The number of carbonyl (C=O) groups excluding carboxylic acids is 1. The van der Waals surface area contributed by atoms with Gasteiger partial charge in [-0.25, -0.2) is 0 Å². The largest absolute Gasteiger partial charge is 0.363 e. The highest BCUT2D eigenvalue weighted by Gasteiger charge is 2.18. The van der Waals surface area contributed by atoms with Gasteiger partial charge in [0.2, 0.25) is 5.91 Å². The molecule has 120 valence electrons. The number of amides is 1. The fourth-order valence-electron chi connectivity index (χ4n) is 2.32. The molecule has 2 rings (SSSR count). The first kappa shape index (κ1) is 17.3. The van der Waals surface area contributed by atoms with E-state index in [2.05, 4.69) is 10.6 Å². The van der Waals surface area contributed by atoms with Gasteiger partial charge in [-0.15, -0.1) is 0 Å². The van der Waals surface area contributed by atoms with Crippen LogP contribution in [-0.4, -0.2) is 35.6 Å². The van der Waals surface area contributed by atoms with Gasteiger partial charge < -0.3 is 15.5 Å². The molecular formula is C15H19Cl2N3OS. The summed E-state index contributed by atoms with van der Waals surface area (Å²) in [6.45, 7) is 2.96. The molecule has 4 nitrogen and oxygen atoms in total. The first-order chi connectivity index (χ1) is 10.6. The Balaban J connectivity index is 1.62. The van der Waals surface area contributed by atoms with Crippen LogP contribution >= 0.6 is 35.4 Å². The average Bonchev–Trinajstić information content (AvgIpc) is 2.88. The van der Waals surface area contributed by atoms with E-state index >= 15 is 0 Å². The number of hydrogen-bond donors (Lipinski definition) is 2. The van der Waals surface area contributed by atoms with Crippen molar-refractivity contribution in [1.82, 2.24) is 15.5 Å². The topological polar surface area (TPSA) is 44.4 Å². The molecule has 2 N–H and O–H groups in total. The quantitative estimate of drug-likeness (QED) is 0.605. The lowest BCUT2D eigenvalue weighted by molar-refractivity contribution is -0.127. The van der Waals surface area contributed by atoms with Crippen LogP contribution in [0, 0.1) is 0 Å². The molecule has 0 saturated carbocycles. The minimum atomic E-state index is 0.262. The van der Waals surface area contributed by atoms with E-state index in [4.69, 9.17) is 35.4 Å². The molecule has 1 amide bonds. The molecule has 0 atom stereocenters. The summed E-state index contributed by atoms with van der Waals surface area (Å²) >= 11 is 17.2. The van der Waals surface area contributed by atoms with Crippen LogP contribution in [0.5, 0.6) is 0 Å². The van der Waals surface area contributed by atoms with Crippen molar-refractivity contribution < 1.29 is 4.79 Å². The van der Waals surface area contributed by atoms with Gasteiger partial charge in [-0.05, 0) is 42.8 Å². The van der Waals surface area contributed by atoms with Crippen molar-refractivity contribution in [2.75, 3.05) is 19.6 Å². The second kappa shape index (κ2) is 8.56. The lowest BCUT2D eigenvalue weighted by Crippen LogP contribution is -2.36. The summed E-state index contributed by atoms with van der Waals surface area (Å²) < 4.78 is 0. The van der Waals surface area contributed by atoms with Crippen molar-refractivity contribution in [3.8, 4) is 0 Å². The molecule has 0 unspecified atom stereocenters. The molecule has 1 saturated heterocycles. The van der Waals surface area contributed by atoms with E-state index in [0.717, 1.165) is 38.0 Å². The standard InChI is InChI=1S/C15H19Cl2N3OS/c16-12-5-4-11(13(17)9-12)10-19-15(22)18-6-2-8-20-7-1-3-14(20)21/h4-5,9H,1-3,6-8,10H2,(H2,18,19,22). The Kier molecular flexibility index (Phi) is 6.73. The first-order valence-corrected chi connectivity index (χ1v) is 8.46. The van der Waals surface area contributed by atoms with Gasteiger partial charge in [-0.1, -0.05) is 29.3 Å². The van der Waals surface area contributed by atoms with E-state index in [-0.39, 0.29) is 5.91 Å². The second-order valence-corrected chi connectivity index (χ2v) is 6.43. The average molecular weight is 360 g/mol. The molecule has 0 bridgehead atoms. The molecule has 1 fully saturated rings. The zero-order chi connectivity index (χ0) is 15.9. The summed E-state index contributed by atoms with van der Waals surface area (Å²) in [5, 5.41) is 8.06. The SMILES string of the molecule is O=C1CCCN1CCCNC(=S)NCc1ccc(Cl)cc1Cl. The molecule has 1 aliphatic heterocycles. The molecule has 0 radical (unpaired) electrons. The predicted molar refractivity (Wildman–Crippen MR) is 94.3 cm³/mol. The van der Waals surface area contributed by atoms with E-state index in [1.807, 2.05) is 11.0 Å². The Morgan fingerprint density at radius 3 is 2.82 bits per heavy atom. The molecule has 7 heteroatoms. The van der Waals surface area contributed by atoms with Crippen LogP contribution in [0.15, 0.2) is 18.2 Å². The van der Waals surface area contributed by atoms with Crippen molar-refractivity contribution in [1.29, 1.82) is 0 Å². The highest BCUT2D eigenvalue weighted by atomic mass is 35.5. The molecule has 1 heterocycles. The van der Waals surface area contributed by atoms with Gasteiger partial charge >= 0.3 is 0 Å². The molecule has 0 aromatic heterocycles. The van der Waals surface area contributed by atoms with Crippen LogP contribution in [-0.2, 0) is 11.3 Å². The van der Waals surface area contributed by atoms with Crippen LogP contribution in [0.1, 0.15) is 24.8 Å². The van der Waals surface area contributed by atoms with Gasteiger partial charge in [0, 0.05) is 42.6 Å². The number of likely N-dealkylation sites (tertiary alicyclic amines) is 1. The monoisotopic (exact) mass is 359 g/mol. The highest BCUT2D eigenvalue weighted by Crippen LogP contribution is 2.20. The number of halogens is 2. The molecule has 0 aliphatic carbocycles. The highest BCUT2D eigenvalue weighted by molar-refractivity contribution is 7.80. The maximum Gasteiger partial charge on any atom is 0.222 e. The fourth-order valence-corrected chi connectivity index (χ4v) is 2.96. The Hall–Kier alpha value is -1.04. The van der Waals surface area contributed by atoms with Gasteiger partial charge in [0.05, 0.1) is 0 Å². The Morgan fingerprint density at radius 2 is 2.14 bits per heavy atom. The third-order valence-corrected chi connectivity index (χ3v) is 4.39. The third-order valence-electron chi connectivity index (χ3n) is 3.52. The Morgan fingerprint density at radius 1 is 1.32 bits per heavy atom. The van der Waals surface area contributed by atoms with Gasteiger partial charge in [-0.3, -0.25) is 4.79 Å². The number of carbonyl (C=O) groups is 1. The van der Waals surface area contributed by atoms with E-state index < -0.39 is 0 Å². The summed E-state index contributed by atoms with van der Waals surface area (Å²) in [4.78, 5) is 13.4. The molecule has 22 heavy (non-hydrogen) atoms. The summed E-state index contributed by atoms with van der Waals surface area (Å²) in [6, 6.07) is 5.39. The zero-order valence-corrected chi connectivity index (χ0v) is 14.5. The first-order valence-electron chi connectivity index (χ1n) is 7.29. The number of nitrogens with one attached hydrogen (secondary N) is 2. The molecule has 1 aliphatic rings. The predicted octanol–water partition coefficient (Wildman–Crippen LogP) is 2.97. The number of hydrogen-bond acceptors (Lipinski definition) is 2. The van der Waals surface area contributed by atoms with Gasteiger partial charge in [0.15, 0.2) is 5.11 Å². The Labute approximate surface area is 146 Å². The minimum absolute atomic E-state index is 0.262. The van der Waals surface area contributed by atoms with Crippen molar-refractivity contribution >= 4 is 46.4 Å². The molecular weight excluding hydrogens is 341 g/mol. The normalized spacial score (nSPS) is 14.3. The van der Waals surface area contributed by atoms with Gasteiger partial charge in [0.1, 0.15) is 0 Å². The van der Waals surface area contributed by atoms with E-state index in [0.29, 0.717) is 28.1 Å². The maximum absolute atomic E-state index is 11.5. The summed E-state index contributed by atoms with van der Waals surface area (Å²) in [5.74, 6) is 0.262. The van der Waals surface area contributed by atoms with Crippen LogP contribution in [0.25, 0.3) is 0 Å². The van der Waals surface area contributed by atoms with E-state index in [1.54, 1.807) is 12.1 Å². The maximum atomic E-state index is 11.5. The van der Waals surface area contributed by atoms with E-state index in [1.165, 1.54) is 0 Å². The van der Waals surface area contributed by atoms with Crippen molar-refractivity contribution in [2.24, 2.45) is 0 Å². The number of rotatable bonds is 6. The molecule has 0 spiro atoms. The lowest BCUT2D eigenvalue weighted by Gasteiger charge is -2.16. The van der Waals surface area contributed by atoms with Gasteiger partial charge in [0.25, 0.3) is 0 Å². The van der Waals surface area contributed by atoms with Crippen molar-refractivity contribution in [2.45, 2.75) is 25.8 Å². The summed E-state index contributed by atoms with van der Waals surface area (Å²) in [7, 11) is 0. The van der Waals surface area contributed by atoms with Crippen molar-refractivity contribution in [3.05, 3.63) is 33.8 Å². The lowest BCUT2D eigenvalue weighted by atomic mass is 10.2. The number of nitrogens with zero attached hydrogens (tertiary/aromatic N) is 1. The second-order valence-electron chi connectivity index (χ2n) is 5.18. The van der Waals surface area contributed by atoms with Crippen LogP contribution in [0.3, 0.4) is 0 Å². The summed E-state index contributed by atoms with van der Waals surface area (Å²) in [6.07, 6.45) is 2.55. The van der Waals surface area contributed by atoms with Crippen LogP contribution < -0.4 is 10.6 Å². The molecule has 1 aromatic rings. The van der Waals surface area contributed by atoms with Crippen molar-refractivity contribution in [3.63, 3.8) is 0 Å². The van der Waals surface area contributed by atoms with Crippen LogP contribution in [0.2, 0.25) is 10.0 Å². The number of thiocarbonyl (C=S) groups is 1. The number of benzene rings is 1. The summed E-state index contributed by atoms with van der Waals surface area (Å²) in [5.41, 5.74) is 0.942. The van der Waals surface area contributed by atoms with E-state index in [9.17, 15) is 4.79 Å². The minimum Gasteiger partial charge on any atom is -0.363 e.